The Bertz CT molecular complexity index is 912. The quantitative estimate of drug-likeness (QED) is 0.402. The molecule has 0 saturated heterocycles. The van der Waals surface area contributed by atoms with Gasteiger partial charge in [-0.05, 0) is 24.3 Å². The van der Waals surface area contributed by atoms with Gasteiger partial charge >= 0.3 is 18.1 Å². The first-order valence-electron chi connectivity index (χ1n) is 7.82. The van der Waals surface area contributed by atoms with Crippen molar-refractivity contribution in [3.05, 3.63) is 75.8 Å². The van der Waals surface area contributed by atoms with Gasteiger partial charge in [0.05, 0.1) is 4.92 Å². The van der Waals surface area contributed by atoms with Gasteiger partial charge in [0.15, 0.2) is 0 Å². The highest BCUT2D eigenvalue weighted by Crippen LogP contribution is 2.51. The second kappa shape index (κ2) is 7.03. The van der Waals surface area contributed by atoms with E-state index in [0.717, 1.165) is 24.3 Å². The lowest BCUT2D eigenvalue weighted by Gasteiger charge is -2.40. The zero-order valence-electron chi connectivity index (χ0n) is 14.1. The van der Waals surface area contributed by atoms with E-state index in [1.54, 1.807) is 0 Å². The Hall–Kier alpha value is -3.15. The normalized spacial score (nSPS) is 19.2. The van der Waals surface area contributed by atoms with Gasteiger partial charge in [-0.3, -0.25) is 14.9 Å². The summed E-state index contributed by atoms with van der Waals surface area (Å²) in [4.78, 5) is 12.7. The molecule has 0 radical (unpaired) electrons. The molecule has 1 heterocycles. The van der Waals surface area contributed by atoms with Crippen LogP contribution in [0.3, 0.4) is 0 Å². The van der Waals surface area contributed by atoms with Crippen molar-refractivity contribution in [2.24, 2.45) is 4.99 Å². The number of alkyl halides is 6. The topological polar surface area (TPSA) is 74.0 Å². The highest BCUT2D eigenvalue weighted by molar-refractivity contribution is 5.94. The van der Waals surface area contributed by atoms with Gasteiger partial charge in [0.25, 0.3) is 5.69 Å². The lowest BCUT2D eigenvalue weighted by atomic mass is 10.1. The molecule has 2 aromatic carbocycles. The minimum atomic E-state index is -5.96. The van der Waals surface area contributed by atoms with Crippen LogP contribution in [0.1, 0.15) is 17.4 Å². The fraction of sp³-hybridized carbons (Fsp3) is 0.235. The van der Waals surface area contributed by atoms with Crippen molar-refractivity contribution in [1.29, 1.82) is 0 Å². The van der Waals surface area contributed by atoms with E-state index in [4.69, 9.17) is 4.74 Å². The molecule has 1 aliphatic heterocycles. The number of aliphatic imine (C=N–C) groups is 1. The maximum absolute atomic E-state index is 13.5. The number of hydrogen-bond acceptors (Lipinski definition) is 5. The smallest absolute Gasteiger partial charge is 0.443 e. The van der Waals surface area contributed by atoms with Crippen LogP contribution in [0.25, 0.3) is 0 Å². The van der Waals surface area contributed by atoms with Gasteiger partial charge < -0.3 is 4.74 Å². The fourth-order valence-corrected chi connectivity index (χ4v) is 2.50. The number of halogens is 6. The zero-order valence-corrected chi connectivity index (χ0v) is 14.1. The minimum absolute atomic E-state index is 0.138. The van der Waals surface area contributed by atoms with Crippen molar-refractivity contribution in [2.45, 2.75) is 24.4 Å². The predicted molar refractivity (Wildman–Crippen MR) is 85.8 cm³/mol. The van der Waals surface area contributed by atoms with Crippen LogP contribution < -0.4 is 0 Å². The zero-order chi connectivity index (χ0) is 21.4. The summed E-state index contributed by atoms with van der Waals surface area (Å²) in [5, 5.41) is 10.7. The third-order valence-corrected chi connectivity index (χ3v) is 3.92. The first-order chi connectivity index (χ1) is 13.4. The van der Waals surface area contributed by atoms with Gasteiger partial charge in [-0.1, -0.05) is 18.2 Å². The lowest BCUT2D eigenvalue weighted by molar-refractivity contribution is -0.410. The summed E-state index contributed by atoms with van der Waals surface area (Å²) in [7, 11) is 0. The maximum atomic E-state index is 13.5. The number of non-ortho nitro benzene ring substituents is 1. The molecule has 154 valence electrons. The Morgan fingerprint density at radius 1 is 0.931 bits per heavy atom. The molecule has 0 aromatic heterocycles. The van der Waals surface area contributed by atoms with E-state index in [2.05, 4.69) is 9.73 Å². The molecule has 0 N–H and O–H groups in total. The third-order valence-electron chi connectivity index (χ3n) is 3.92. The molecule has 0 spiro atoms. The number of nitro groups is 1. The molecule has 0 amide bonds. The fourth-order valence-electron chi connectivity index (χ4n) is 2.50. The summed E-state index contributed by atoms with van der Waals surface area (Å²) >= 11 is 0. The van der Waals surface area contributed by atoms with Crippen LogP contribution in [0, 0.1) is 10.1 Å². The minimum Gasteiger partial charge on any atom is -0.443 e. The average molecular weight is 420 g/mol. The van der Waals surface area contributed by atoms with Crippen LogP contribution in [-0.4, -0.2) is 28.9 Å². The van der Waals surface area contributed by atoms with Crippen molar-refractivity contribution in [3.63, 3.8) is 0 Å². The summed E-state index contributed by atoms with van der Waals surface area (Å²) in [6.45, 7) is 0. The molecule has 2 aromatic rings. The van der Waals surface area contributed by atoms with Crippen molar-refractivity contribution in [1.82, 2.24) is 0 Å². The average Bonchev–Trinajstić information content (AvgIpc) is 2.66. The molecule has 0 fully saturated rings. The first kappa shape index (κ1) is 20.6. The van der Waals surface area contributed by atoms with Crippen LogP contribution in [0.2, 0.25) is 0 Å². The van der Waals surface area contributed by atoms with Crippen molar-refractivity contribution >= 4 is 11.6 Å². The molecule has 0 aliphatic carbocycles. The van der Waals surface area contributed by atoms with Crippen molar-refractivity contribution in [3.8, 4) is 0 Å². The number of ether oxygens (including phenoxy) is 2. The number of hydrogen-bond donors (Lipinski definition) is 0. The maximum Gasteiger partial charge on any atom is 0.448 e. The molecule has 1 atom stereocenters. The van der Waals surface area contributed by atoms with Gasteiger partial charge in [-0.25, -0.2) is 0 Å². The molecule has 0 bridgehead atoms. The number of rotatable bonds is 3. The highest BCUT2D eigenvalue weighted by Gasteiger charge is 2.75. The molecule has 12 heteroatoms. The Balaban J connectivity index is 2.14. The number of nitrogens with zero attached hydrogens (tertiary/aromatic N) is 2. The number of nitro benzene ring substituents is 1. The standard InChI is InChI=1S/C17H10F6N2O4/c18-16(19,20)15(17(21,22)23)24-13(10-4-2-1-3-5-10)28-14(29-15)11-6-8-12(9-7-11)25(26)27/h1-9,14H. The van der Waals surface area contributed by atoms with Crippen LogP contribution in [0.15, 0.2) is 59.6 Å². The van der Waals surface area contributed by atoms with E-state index >= 15 is 0 Å². The monoisotopic (exact) mass is 420 g/mol. The van der Waals surface area contributed by atoms with E-state index < -0.39 is 40.9 Å². The number of benzene rings is 2. The predicted octanol–water partition coefficient (Wildman–Crippen LogP) is 4.91. The van der Waals surface area contributed by atoms with Crippen LogP contribution in [0.4, 0.5) is 32.0 Å². The largest absolute Gasteiger partial charge is 0.448 e. The third kappa shape index (κ3) is 3.75. The molecule has 1 unspecified atom stereocenters. The second-order valence-electron chi connectivity index (χ2n) is 5.84. The summed E-state index contributed by atoms with van der Waals surface area (Å²) in [6.07, 6.45) is -14.1. The first-order valence-corrected chi connectivity index (χ1v) is 7.82. The summed E-state index contributed by atoms with van der Waals surface area (Å²) in [5.74, 6) is -0.935. The van der Waals surface area contributed by atoms with E-state index in [1.807, 2.05) is 0 Å². The van der Waals surface area contributed by atoms with Gasteiger partial charge in [0, 0.05) is 23.3 Å². The second-order valence-corrected chi connectivity index (χ2v) is 5.84. The van der Waals surface area contributed by atoms with Crippen molar-refractivity contribution < 1.29 is 40.7 Å². The van der Waals surface area contributed by atoms with Crippen molar-refractivity contribution in [2.75, 3.05) is 0 Å². The van der Waals surface area contributed by atoms with Gasteiger partial charge in [0.2, 0.25) is 12.2 Å². The molecular weight excluding hydrogens is 410 g/mol. The van der Waals surface area contributed by atoms with E-state index in [9.17, 15) is 36.5 Å². The Labute approximate surface area is 158 Å². The van der Waals surface area contributed by atoms with Gasteiger partial charge in [-0.2, -0.15) is 31.3 Å². The molecule has 0 saturated carbocycles. The summed E-state index contributed by atoms with van der Waals surface area (Å²) < 4.78 is 90.7. The Morgan fingerprint density at radius 3 is 1.97 bits per heavy atom. The SMILES string of the molecule is O=[N+]([O-])c1ccc(C2OC(c3ccccc3)=NC(C(F)(F)F)(C(F)(F)F)O2)cc1. The van der Waals surface area contributed by atoms with Crippen LogP contribution in [0.5, 0.6) is 0 Å². The van der Waals surface area contributed by atoms with Gasteiger partial charge in [0.1, 0.15) is 0 Å². The van der Waals surface area contributed by atoms with Gasteiger partial charge in [-0.15, -0.1) is 0 Å². The Kier molecular flexibility index (Phi) is 4.99. The highest BCUT2D eigenvalue weighted by atomic mass is 19.4. The molecule has 1 aliphatic rings. The van der Waals surface area contributed by atoms with E-state index in [-0.39, 0.29) is 11.1 Å². The molecule has 29 heavy (non-hydrogen) atoms. The molecule has 6 nitrogen and oxygen atoms in total. The Morgan fingerprint density at radius 2 is 1.48 bits per heavy atom. The lowest BCUT2D eigenvalue weighted by Crippen LogP contribution is -2.60. The van der Waals surface area contributed by atoms with E-state index in [0.29, 0.717) is 0 Å². The summed E-state index contributed by atoms with van der Waals surface area (Å²) in [6, 6.07) is 10.4. The molecule has 3 rings (SSSR count). The molecular formula is C17H10F6N2O4. The van der Waals surface area contributed by atoms with E-state index in [1.165, 1.54) is 30.3 Å². The van der Waals surface area contributed by atoms with Crippen LogP contribution in [-0.2, 0) is 9.47 Å². The van der Waals surface area contributed by atoms with Crippen LogP contribution >= 0.6 is 0 Å². The summed E-state index contributed by atoms with van der Waals surface area (Å²) in [5.41, 5.74) is -5.73.